The maximum absolute atomic E-state index is 12.6. The third-order valence-electron chi connectivity index (χ3n) is 5.18. The van der Waals surface area contributed by atoms with Crippen LogP contribution in [-0.2, 0) is 24.2 Å². The van der Waals surface area contributed by atoms with E-state index in [0.29, 0.717) is 18.4 Å². The lowest BCUT2D eigenvalue weighted by Gasteiger charge is -2.34. The van der Waals surface area contributed by atoms with Crippen LogP contribution in [-0.4, -0.2) is 35.3 Å². The molecule has 23 heavy (non-hydrogen) atoms. The van der Waals surface area contributed by atoms with Crippen LogP contribution in [0.4, 0.5) is 0 Å². The Morgan fingerprint density at radius 2 is 1.96 bits per heavy atom. The van der Waals surface area contributed by atoms with Crippen molar-refractivity contribution in [3.63, 3.8) is 0 Å². The summed E-state index contributed by atoms with van der Waals surface area (Å²) < 4.78 is 0. The molecule has 2 aliphatic rings. The zero-order chi connectivity index (χ0) is 15.8. The van der Waals surface area contributed by atoms with Crippen LogP contribution in [0.5, 0.6) is 0 Å². The molecule has 5 heteroatoms. The van der Waals surface area contributed by atoms with Crippen molar-refractivity contribution in [2.45, 2.75) is 38.8 Å². The summed E-state index contributed by atoms with van der Waals surface area (Å²) >= 11 is 3.70. The lowest BCUT2D eigenvalue weighted by Crippen LogP contribution is -2.39. The van der Waals surface area contributed by atoms with Crippen molar-refractivity contribution in [1.29, 1.82) is 0 Å². The summed E-state index contributed by atoms with van der Waals surface area (Å²) in [5.74, 6) is 0.310. The van der Waals surface area contributed by atoms with Crippen LogP contribution in [0.1, 0.15) is 40.3 Å². The molecule has 0 saturated heterocycles. The van der Waals surface area contributed by atoms with Crippen LogP contribution in [0.15, 0.2) is 22.9 Å². The van der Waals surface area contributed by atoms with Gasteiger partial charge in [-0.25, -0.2) is 0 Å². The van der Waals surface area contributed by atoms with Gasteiger partial charge in [0.1, 0.15) is 0 Å². The number of thiophene rings is 2. The molecule has 2 aromatic heterocycles. The Bertz CT molecular complexity index is 705. The summed E-state index contributed by atoms with van der Waals surface area (Å²) in [5.41, 5.74) is 2.82. The van der Waals surface area contributed by atoms with Gasteiger partial charge in [0.15, 0.2) is 0 Å². The first-order chi connectivity index (χ1) is 11.2. The average Bonchev–Trinajstić information content (AvgIpc) is 3.22. The number of carbonyl (C=O) groups excluding carboxylic acids is 1. The van der Waals surface area contributed by atoms with Crippen molar-refractivity contribution >= 4 is 28.6 Å². The van der Waals surface area contributed by atoms with Crippen molar-refractivity contribution in [3.05, 3.63) is 43.8 Å². The number of hydrogen-bond acceptors (Lipinski definition) is 4. The highest BCUT2D eigenvalue weighted by molar-refractivity contribution is 7.10. The van der Waals surface area contributed by atoms with Crippen LogP contribution in [0.2, 0.25) is 0 Å². The second kappa shape index (κ2) is 6.38. The first-order valence-corrected chi connectivity index (χ1v) is 10.1. The van der Waals surface area contributed by atoms with Crippen LogP contribution in [0, 0.1) is 0 Å². The SMILES string of the molecule is C[C@@H]1c2ccsc2CCN1CCC(=O)N1CCc2sccc2C1. The highest BCUT2D eigenvalue weighted by Gasteiger charge is 2.26. The van der Waals surface area contributed by atoms with Gasteiger partial charge in [0.2, 0.25) is 5.91 Å². The molecule has 0 spiro atoms. The summed E-state index contributed by atoms with van der Waals surface area (Å²) in [4.78, 5) is 20.1. The monoisotopic (exact) mass is 346 g/mol. The van der Waals surface area contributed by atoms with Crippen LogP contribution >= 0.6 is 22.7 Å². The van der Waals surface area contributed by atoms with Gasteiger partial charge in [-0.05, 0) is 53.8 Å². The maximum Gasteiger partial charge on any atom is 0.224 e. The van der Waals surface area contributed by atoms with E-state index in [-0.39, 0.29) is 0 Å². The molecule has 2 aliphatic heterocycles. The van der Waals surface area contributed by atoms with Gasteiger partial charge < -0.3 is 4.90 Å². The van der Waals surface area contributed by atoms with Gasteiger partial charge in [-0.2, -0.15) is 0 Å². The number of fused-ring (bicyclic) bond motifs is 2. The summed E-state index contributed by atoms with van der Waals surface area (Å²) in [6.45, 7) is 5.92. The molecule has 3 nitrogen and oxygen atoms in total. The molecule has 0 unspecified atom stereocenters. The van der Waals surface area contributed by atoms with Gasteiger partial charge in [0.05, 0.1) is 0 Å². The number of nitrogens with zero attached hydrogens (tertiary/aromatic N) is 2. The minimum atomic E-state index is 0.310. The van der Waals surface area contributed by atoms with E-state index in [0.717, 1.165) is 39.0 Å². The van der Waals surface area contributed by atoms with Crippen molar-refractivity contribution in [1.82, 2.24) is 9.80 Å². The van der Waals surface area contributed by atoms with Crippen molar-refractivity contribution < 1.29 is 4.79 Å². The van der Waals surface area contributed by atoms with Gasteiger partial charge in [-0.1, -0.05) is 0 Å². The fourth-order valence-electron chi connectivity index (χ4n) is 3.73. The minimum absolute atomic E-state index is 0.310. The van der Waals surface area contributed by atoms with E-state index in [2.05, 4.69) is 34.7 Å². The molecule has 2 aromatic rings. The molecule has 1 atom stereocenters. The van der Waals surface area contributed by atoms with E-state index < -0.39 is 0 Å². The summed E-state index contributed by atoms with van der Waals surface area (Å²) in [5, 5.41) is 4.34. The third kappa shape index (κ3) is 2.97. The second-order valence-corrected chi connectivity index (χ2v) is 8.45. The lowest BCUT2D eigenvalue weighted by molar-refractivity contribution is -0.132. The number of rotatable bonds is 3. The largest absolute Gasteiger partial charge is 0.338 e. The topological polar surface area (TPSA) is 23.6 Å². The molecule has 0 saturated carbocycles. The Hall–Kier alpha value is -1.17. The Kier molecular flexibility index (Phi) is 4.26. The molecule has 0 aliphatic carbocycles. The number of hydrogen-bond donors (Lipinski definition) is 0. The van der Waals surface area contributed by atoms with E-state index in [4.69, 9.17) is 0 Å². The molecule has 0 bridgehead atoms. The Morgan fingerprint density at radius 3 is 2.87 bits per heavy atom. The highest BCUT2D eigenvalue weighted by atomic mass is 32.1. The minimum Gasteiger partial charge on any atom is -0.338 e. The fourth-order valence-corrected chi connectivity index (χ4v) is 5.58. The Labute approximate surface area is 145 Å². The van der Waals surface area contributed by atoms with E-state index in [1.54, 1.807) is 0 Å². The maximum atomic E-state index is 12.6. The van der Waals surface area contributed by atoms with E-state index >= 15 is 0 Å². The normalized spacial score (nSPS) is 21.1. The number of amides is 1. The van der Waals surface area contributed by atoms with E-state index in [1.165, 1.54) is 20.9 Å². The molecule has 1 amide bonds. The van der Waals surface area contributed by atoms with E-state index in [9.17, 15) is 4.79 Å². The predicted molar refractivity (Wildman–Crippen MR) is 96.1 cm³/mol. The molecular formula is C18H22N2OS2. The number of carbonyl (C=O) groups is 1. The van der Waals surface area contributed by atoms with Crippen molar-refractivity contribution in [2.24, 2.45) is 0 Å². The quantitative estimate of drug-likeness (QED) is 0.846. The molecule has 0 fully saturated rings. The first kappa shape index (κ1) is 15.4. The third-order valence-corrected chi connectivity index (χ3v) is 7.20. The molecule has 4 rings (SSSR count). The van der Waals surface area contributed by atoms with Crippen molar-refractivity contribution in [2.75, 3.05) is 19.6 Å². The van der Waals surface area contributed by atoms with Gasteiger partial charge in [-0.15, -0.1) is 22.7 Å². The molecule has 0 N–H and O–H groups in total. The highest BCUT2D eigenvalue weighted by Crippen LogP contribution is 2.33. The van der Waals surface area contributed by atoms with Gasteiger partial charge in [0, 0.05) is 48.4 Å². The molecule has 122 valence electrons. The summed E-state index contributed by atoms with van der Waals surface area (Å²) in [6.07, 6.45) is 2.80. The average molecular weight is 347 g/mol. The Balaban J connectivity index is 1.34. The Morgan fingerprint density at radius 1 is 1.17 bits per heavy atom. The standard InChI is InChI=1S/C18H22N2OS2/c1-13-15-6-11-23-17(15)3-7-19(13)9-4-18(21)20-8-2-16-14(12-20)5-10-22-16/h5-6,10-11,13H,2-4,7-9,12H2,1H3/t13-/m1/s1. The fraction of sp³-hybridized carbons (Fsp3) is 0.500. The predicted octanol–water partition coefficient (Wildman–Crippen LogP) is 3.70. The van der Waals surface area contributed by atoms with E-state index in [1.807, 2.05) is 27.6 Å². The first-order valence-electron chi connectivity index (χ1n) is 8.35. The van der Waals surface area contributed by atoms with Crippen LogP contribution in [0.25, 0.3) is 0 Å². The van der Waals surface area contributed by atoms with Gasteiger partial charge in [0.25, 0.3) is 0 Å². The van der Waals surface area contributed by atoms with Gasteiger partial charge >= 0.3 is 0 Å². The summed E-state index contributed by atoms with van der Waals surface area (Å²) in [7, 11) is 0. The van der Waals surface area contributed by atoms with Crippen LogP contribution < -0.4 is 0 Å². The molecular weight excluding hydrogens is 324 g/mol. The molecule has 0 radical (unpaired) electrons. The zero-order valence-corrected chi connectivity index (χ0v) is 15.1. The smallest absolute Gasteiger partial charge is 0.224 e. The molecule has 0 aromatic carbocycles. The second-order valence-electron chi connectivity index (χ2n) is 6.45. The molecule has 4 heterocycles. The summed E-state index contributed by atoms with van der Waals surface area (Å²) in [6, 6.07) is 4.87. The van der Waals surface area contributed by atoms with Crippen LogP contribution in [0.3, 0.4) is 0 Å². The zero-order valence-electron chi connectivity index (χ0n) is 13.5. The lowest BCUT2D eigenvalue weighted by atomic mass is 10.0. The van der Waals surface area contributed by atoms with Crippen molar-refractivity contribution in [3.8, 4) is 0 Å². The van der Waals surface area contributed by atoms with Gasteiger partial charge in [-0.3, -0.25) is 9.69 Å².